The summed E-state index contributed by atoms with van der Waals surface area (Å²) in [6, 6.07) is 18.7. The molecule has 1 atom stereocenters. The molecule has 0 radical (unpaired) electrons. The zero-order valence-electron chi connectivity index (χ0n) is 16.7. The standard InChI is InChI=1S/C23H21N5O3/c24-15-28-12-16(11-23(28)13-30-14-23)25-22(29)20-10-19(26-27-20)18-8-4-5-9-21(18)31-17-6-2-1-3-7-17/h1-10,16H,11-14H2,(H,25,29)(H,26,27). The zero-order valence-corrected chi connectivity index (χ0v) is 16.7. The van der Waals surface area contributed by atoms with Gasteiger partial charge in [-0.05, 0) is 36.8 Å². The van der Waals surface area contributed by atoms with Crippen LogP contribution in [0.1, 0.15) is 16.9 Å². The summed E-state index contributed by atoms with van der Waals surface area (Å²) in [7, 11) is 0. The van der Waals surface area contributed by atoms with Crippen molar-refractivity contribution >= 4 is 5.91 Å². The van der Waals surface area contributed by atoms with Gasteiger partial charge in [0.2, 0.25) is 0 Å². The normalized spacial score (nSPS) is 18.9. The monoisotopic (exact) mass is 415 g/mol. The number of rotatable bonds is 5. The second-order valence-corrected chi connectivity index (χ2v) is 7.88. The summed E-state index contributed by atoms with van der Waals surface area (Å²) in [5, 5.41) is 19.5. The van der Waals surface area contributed by atoms with E-state index in [1.807, 2.05) is 54.6 Å². The number of aromatic nitrogens is 2. The third-order valence-corrected chi connectivity index (χ3v) is 5.76. The topological polar surface area (TPSA) is 103 Å². The quantitative estimate of drug-likeness (QED) is 0.621. The Labute approximate surface area is 179 Å². The van der Waals surface area contributed by atoms with Gasteiger partial charge in [-0.25, -0.2) is 0 Å². The van der Waals surface area contributed by atoms with E-state index in [4.69, 9.17) is 9.47 Å². The summed E-state index contributed by atoms with van der Waals surface area (Å²) in [4.78, 5) is 14.5. The van der Waals surface area contributed by atoms with Gasteiger partial charge in [-0.15, -0.1) is 0 Å². The first kappa shape index (κ1) is 19.2. The number of para-hydroxylation sites is 2. The lowest BCUT2D eigenvalue weighted by Gasteiger charge is -2.42. The Morgan fingerprint density at radius 2 is 2.00 bits per heavy atom. The summed E-state index contributed by atoms with van der Waals surface area (Å²) in [6.45, 7) is 1.54. The molecule has 2 aliphatic heterocycles. The lowest BCUT2D eigenvalue weighted by Crippen LogP contribution is -2.57. The van der Waals surface area contributed by atoms with Crippen LogP contribution in [0.2, 0.25) is 0 Å². The Hall–Kier alpha value is -3.83. The highest BCUT2D eigenvalue weighted by atomic mass is 16.5. The van der Waals surface area contributed by atoms with Crippen LogP contribution < -0.4 is 10.1 Å². The number of likely N-dealkylation sites (tertiary alicyclic amines) is 1. The molecule has 2 aliphatic rings. The summed E-state index contributed by atoms with van der Waals surface area (Å²) in [5.74, 6) is 1.13. The van der Waals surface area contributed by atoms with Gasteiger partial charge in [0.1, 0.15) is 17.2 Å². The lowest BCUT2D eigenvalue weighted by atomic mass is 9.93. The molecule has 1 unspecified atom stereocenters. The molecule has 2 saturated heterocycles. The van der Waals surface area contributed by atoms with E-state index in [1.54, 1.807) is 11.0 Å². The molecule has 1 spiro atoms. The van der Waals surface area contributed by atoms with Crippen LogP contribution in [-0.4, -0.2) is 52.3 Å². The maximum absolute atomic E-state index is 12.8. The Kier molecular flexibility index (Phi) is 4.81. The number of carbonyl (C=O) groups is 1. The summed E-state index contributed by atoms with van der Waals surface area (Å²) in [6.07, 6.45) is 2.91. The Morgan fingerprint density at radius 1 is 1.23 bits per heavy atom. The molecule has 31 heavy (non-hydrogen) atoms. The molecule has 2 aromatic carbocycles. The van der Waals surface area contributed by atoms with E-state index in [1.165, 1.54) is 0 Å². The second-order valence-electron chi connectivity index (χ2n) is 7.88. The fourth-order valence-corrected chi connectivity index (χ4v) is 4.12. The molecule has 2 fully saturated rings. The smallest absolute Gasteiger partial charge is 0.269 e. The number of aromatic amines is 1. The van der Waals surface area contributed by atoms with Gasteiger partial charge in [0.15, 0.2) is 6.19 Å². The molecule has 2 N–H and O–H groups in total. The maximum atomic E-state index is 12.8. The largest absolute Gasteiger partial charge is 0.457 e. The van der Waals surface area contributed by atoms with Crippen molar-refractivity contribution in [2.24, 2.45) is 0 Å². The first-order valence-electron chi connectivity index (χ1n) is 10.1. The number of hydrogen-bond donors (Lipinski definition) is 2. The molecule has 1 aromatic heterocycles. The summed E-state index contributed by atoms with van der Waals surface area (Å²) in [5.41, 5.74) is 1.49. The molecule has 1 amide bonds. The minimum absolute atomic E-state index is 0.114. The van der Waals surface area contributed by atoms with Crippen LogP contribution in [0.15, 0.2) is 60.7 Å². The third-order valence-electron chi connectivity index (χ3n) is 5.76. The molecule has 156 valence electrons. The molecular weight excluding hydrogens is 394 g/mol. The van der Waals surface area contributed by atoms with Gasteiger partial charge < -0.3 is 14.8 Å². The Bertz CT molecular complexity index is 1130. The van der Waals surface area contributed by atoms with Crippen LogP contribution in [0, 0.1) is 11.5 Å². The van der Waals surface area contributed by atoms with E-state index in [2.05, 4.69) is 21.7 Å². The lowest BCUT2D eigenvalue weighted by molar-refractivity contribution is -0.105. The minimum atomic E-state index is -0.264. The number of nitrogens with zero attached hydrogens (tertiary/aromatic N) is 3. The second kappa shape index (κ2) is 7.78. The van der Waals surface area contributed by atoms with E-state index < -0.39 is 0 Å². The van der Waals surface area contributed by atoms with Crippen molar-refractivity contribution in [1.29, 1.82) is 5.26 Å². The van der Waals surface area contributed by atoms with Gasteiger partial charge in [0, 0.05) is 18.2 Å². The predicted molar refractivity (Wildman–Crippen MR) is 112 cm³/mol. The van der Waals surface area contributed by atoms with Crippen LogP contribution in [0.3, 0.4) is 0 Å². The van der Waals surface area contributed by atoms with Crippen LogP contribution in [0.5, 0.6) is 11.5 Å². The molecule has 8 heteroatoms. The summed E-state index contributed by atoms with van der Waals surface area (Å²) >= 11 is 0. The number of carbonyl (C=O) groups excluding carboxylic acids is 1. The predicted octanol–water partition coefficient (Wildman–Crippen LogP) is 2.92. The van der Waals surface area contributed by atoms with E-state index in [0.717, 1.165) is 11.3 Å². The van der Waals surface area contributed by atoms with E-state index >= 15 is 0 Å². The SMILES string of the molecule is N#CN1CC(NC(=O)c2cc(-c3ccccc3Oc3ccccc3)n[nH]2)CC12COC2. The van der Waals surface area contributed by atoms with Crippen LogP contribution in [-0.2, 0) is 4.74 Å². The molecule has 3 aromatic rings. The molecule has 0 bridgehead atoms. The fourth-order valence-electron chi connectivity index (χ4n) is 4.12. The molecule has 0 saturated carbocycles. The van der Waals surface area contributed by atoms with Gasteiger partial charge in [0.25, 0.3) is 5.91 Å². The minimum Gasteiger partial charge on any atom is -0.457 e. The van der Waals surface area contributed by atoms with E-state index in [0.29, 0.717) is 43.3 Å². The van der Waals surface area contributed by atoms with Gasteiger partial charge in [-0.2, -0.15) is 10.4 Å². The number of amides is 1. The average Bonchev–Trinajstić information content (AvgIpc) is 3.40. The maximum Gasteiger partial charge on any atom is 0.269 e. The number of benzene rings is 2. The highest BCUT2D eigenvalue weighted by Gasteiger charge is 2.51. The van der Waals surface area contributed by atoms with Crippen molar-refractivity contribution in [2.75, 3.05) is 19.8 Å². The number of ether oxygens (including phenoxy) is 2. The van der Waals surface area contributed by atoms with Gasteiger partial charge in [-0.3, -0.25) is 14.8 Å². The number of hydrogen-bond acceptors (Lipinski definition) is 6. The highest BCUT2D eigenvalue weighted by Crippen LogP contribution is 2.36. The van der Waals surface area contributed by atoms with Gasteiger partial charge in [0.05, 0.1) is 24.4 Å². The molecular formula is C23H21N5O3. The molecule has 3 heterocycles. The van der Waals surface area contributed by atoms with Crippen molar-refractivity contribution in [3.05, 3.63) is 66.4 Å². The number of H-pyrrole nitrogens is 1. The number of nitriles is 1. The van der Waals surface area contributed by atoms with Gasteiger partial charge >= 0.3 is 0 Å². The first-order chi connectivity index (χ1) is 15.2. The number of nitrogens with one attached hydrogen (secondary N) is 2. The van der Waals surface area contributed by atoms with E-state index in [9.17, 15) is 10.1 Å². The molecule has 5 rings (SSSR count). The van der Waals surface area contributed by atoms with Crippen molar-refractivity contribution in [3.8, 4) is 28.9 Å². The molecule has 8 nitrogen and oxygen atoms in total. The van der Waals surface area contributed by atoms with Crippen molar-refractivity contribution in [1.82, 2.24) is 20.4 Å². The van der Waals surface area contributed by atoms with Crippen LogP contribution >= 0.6 is 0 Å². The fraction of sp³-hybridized carbons (Fsp3) is 0.261. The zero-order chi connectivity index (χ0) is 21.3. The third kappa shape index (κ3) is 3.60. The van der Waals surface area contributed by atoms with Crippen molar-refractivity contribution < 1.29 is 14.3 Å². The average molecular weight is 415 g/mol. The molecule has 0 aliphatic carbocycles. The first-order valence-corrected chi connectivity index (χ1v) is 10.1. The van der Waals surface area contributed by atoms with Gasteiger partial charge in [-0.1, -0.05) is 30.3 Å². The summed E-state index contributed by atoms with van der Waals surface area (Å²) < 4.78 is 11.3. The Morgan fingerprint density at radius 3 is 2.71 bits per heavy atom. The van der Waals surface area contributed by atoms with E-state index in [-0.39, 0.29) is 17.5 Å². The Balaban J connectivity index is 1.31. The van der Waals surface area contributed by atoms with Crippen molar-refractivity contribution in [3.63, 3.8) is 0 Å². The van der Waals surface area contributed by atoms with Crippen molar-refractivity contribution in [2.45, 2.75) is 18.0 Å². The highest BCUT2D eigenvalue weighted by molar-refractivity contribution is 5.93. The van der Waals surface area contributed by atoms with Crippen LogP contribution in [0.25, 0.3) is 11.3 Å². The van der Waals surface area contributed by atoms with Crippen LogP contribution in [0.4, 0.5) is 0 Å².